The van der Waals surface area contributed by atoms with Crippen LogP contribution in [0.3, 0.4) is 0 Å². The van der Waals surface area contributed by atoms with Gasteiger partial charge in [-0.05, 0) is 53.0 Å². The van der Waals surface area contributed by atoms with Crippen LogP contribution in [0.25, 0.3) is 0 Å². The summed E-state index contributed by atoms with van der Waals surface area (Å²) < 4.78 is 40.5. The fourth-order valence-electron chi connectivity index (χ4n) is 6.03. The summed E-state index contributed by atoms with van der Waals surface area (Å²) in [6, 6.07) is 11.3. The molecule has 0 bridgehead atoms. The van der Waals surface area contributed by atoms with Gasteiger partial charge >= 0.3 is 0 Å². The van der Waals surface area contributed by atoms with Gasteiger partial charge in [-0.1, -0.05) is 57.5 Å². The van der Waals surface area contributed by atoms with Crippen LogP contribution in [-0.4, -0.2) is 43.7 Å². The molecule has 3 atom stereocenters. The molecular weight excluding hydrogens is 463 g/mol. The van der Waals surface area contributed by atoms with Crippen LogP contribution in [0.1, 0.15) is 62.3 Å². The first-order valence-electron chi connectivity index (χ1n) is 12.7. The van der Waals surface area contributed by atoms with E-state index < -0.39 is 27.9 Å². The molecule has 5 nitrogen and oxygen atoms in total. The predicted molar refractivity (Wildman–Crippen MR) is 138 cm³/mol. The Bertz CT molecular complexity index is 1220. The first kappa shape index (κ1) is 24.7. The normalized spacial score (nSPS) is 26.7. The van der Waals surface area contributed by atoms with Crippen molar-refractivity contribution < 1.29 is 17.9 Å². The maximum atomic E-state index is 14.9. The van der Waals surface area contributed by atoms with E-state index in [1.165, 1.54) is 11.6 Å². The smallest absolute Gasteiger partial charge is 0.152 e. The van der Waals surface area contributed by atoms with Gasteiger partial charge in [-0.2, -0.15) is 0 Å². The van der Waals surface area contributed by atoms with Crippen molar-refractivity contribution in [3.63, 3.8) is 0 Å². The average molecular weight is 501 g/mol. The van der Waals surface area contributed by atoms with Crippen molar-refractivity contribution in [2.24, 2.45) is 5.92 Å². The average Bonchev–Trinajstić information content (AvgIpc) is 3.15. The molecule has 3 N–H and O–H groups in total. The molecule has 1 saturated carbocycles. The number of nitrogens with one attached hydrogen (secondary N) is 2. The van der Waals surface area contributed by atoms with Gasteiger partial charge in [0.15, 0.2) is 9.84 Å². The molecule has 0 unspecified atom stereocenters. The van der Waals surface area contributed by atoms with Gasteiger partial charge < -0.3 is 15.7 Å². The van der Waals surface area contributed by atoms with Gasteiger partial charge in [-0.15, -0.1) is 0 Å². The number of fused-ring (bicyclic) bond motifs is 2. The van der Waals surface area contributed by atoms with E-state index in [1.807, 2.05) is 18.2 Å². The van der Waals surface area contributed by atoms with Crippen LogP contribution in [0.4, 0.5) is 10.1 Å². The molecule has 2 heterocycles. The highest BCUT2D eigenvalue weighted by atomic mass is 32.2. The van der Waals surface area contributed by atoms with Crippen LogP contribution >= 0.6 is 0 Å². The number of benzene rings is 2. The Hall–Kier alpha value is -1.96. The lowest BCUT2D eigenvalue weighted by atomic mass is 9.65. The maximum Gasteiger partial charge on any atom is 0.152 e. The first-order chi connectivity index (χ1) is 16.5. The molecule has 1 aliphatic carbocycles. The minimum Gasteiger partial charge on any atom is -0.391 e. The number of halogens is 1. The highest BCUT2D eigenvalue weighted by Crippen LogP contribution is 2.51. The minimum atomic E-state index is -3.34. The molecular formula is C28H37FN2O3S. The summed E-state index contributed by atoms with van der Waals surface area (Å²) in [6.45, 7) is 7.73. The minimum absolute atomic E-state index is 0.0213. The van der Waals surface area contributed by atoms with E-state index in [2.05, 4.69) is 43.5 Å². The summed E-state index contributed by atoms with van der Waals surface area (Å²) in [7, 11) is -3.34. The van der Waals surface area contributed by atoms with Gasteiger partial charge in [0.05, 0.1) is 23.3 Å². The molecule has 190 valence electrons. The Morgan fingerprint density at radius 2 is 1.91 bits per heavy atom. The lowest BCUT2D eigenvalue weighted by molar-refractivity contribution is 0.0780. The molecule has 0 amide bonds. The fraction of sp³-hybridized carbons (Fsp3) is 0.571. The maximum absolute atomic E-state index is 14.9. The van der Waals surface area contributed by atoms with E-state index in [-0.39, 0.29) is 28.2 Å². The van der Waals surface area contributed by atoms with E-state index in [0.717, 1.165) is 42.5 Å². The van der Waals surface area contributed by atoms with Crippen molar-refractivity contribution in [1.82, 2.24) is 5.32 Å². The Labute approximate surface area is 208 Å². The quantitative estimate of drug-likeness (QED) is 0.577. The zero-order valence-electron chi connectivity index (χ0n) is 20.9. The van der Waals surface area contributed by atoms with Crippen molar-refractivity contribution >= 4 is 15.5 Å². The summed E-state index contributed by atoms with van der Waals surface area (Å²) in [4.78, 5) is 0. The number of anilines is 1. The molecule has 1 saturated heterocycles. The standard InChI is InChI=1S/C28H37FN2O3S/c1-27(2,3)21-7-4-6-18(11-21)14-30-24-16-35(33,34)15-20(26(24)32)10-19-12-22-25(23(29)13-19)31-17-28(22)8-5-9-28/h4,6-7,11-13,20,24,26,30-32H,5,8-10,14-17H2,1-3H3/t20-,24+,26+/m1/s1. The van der Waals surface area contributed by atoms with Crippen LogP contribution in [0, 0.1) is 11.7 Å². The second-order valence-electron chi connectivity index (χ2n) is 12.0. The summed E-state index contributed by atoms with van der Waals surface area (Å²) in [5, 5.41) is 17.7. The molecule has 7 heteroatoms. The molecule has 3 aliphatic rings. The number of hydrogen-bond donors (Lipinski definition) is 3. The SMILES string of the molecule is CC(C)(C)c1cccc(CN[C@H]2CS(=O)(=O)C[C@@H](Cc3cc(F)c4c(c3)C3(CCC3)CN4)[C@@H]2O)c1. The Kier molecular flexibility index (Phi) is 6.26. The van der Waals surface area contributed by atoms with E-state index in [0.29, 0.717) is 18.7 Å². The molecule has 2 aliphatic heterocycles. The van der Waals surface area contributed by atoms with Gasteiger partial charge in [-0.25, -0.2) is 12.8 Å². The van der Waals surface area contributed by atoms with Crippen molar-refractivity contribution in [2.75, 3.05) is 23.4 Å². The highest BCUT2D eigenvalue weighted by molar-refractivity contribution is 7.91. The largest absolute Gasteiger partial charge is 0.391 e. The lowest BCUT2D eigenvalue weighted by Gasteiger charge is -2.38. The summed E-state index contributed by atoms with van der Waals surface area (Å²) >= 11 is 0. The fourth-order valence-corrected chi connectivity index (χ4v) is 8.00. The summed E-state index contributed by atoms with van der Waals surface area (Å²) in [5.41, 5.74) is 4.71. The van der Waals surface area contributed by atoms with Crippen molar-refractivity contribution in [1.29, 1.82) is 0 Å². The van der Waals surface area contributed by atoms with E-state index >= 15 is 0 Å². The van der Waals surface area contributed by atoms with Crippen LogP contribution in [0.15, 0.2) is 36.4 Å². The Morgan fingerprint density at radius 1 is 1.14 bits per heavy atom. The molecule has 1 spiro atoms. The van der Waals surface area contributed by atoms with Crippen molar-refractivity contribution in [2.45, 2.75) is 76.0 Å². The second kappa shape index (κ2) is 8.86. The predicted octanol–water partition coefficient (Wildman–Crippen LogP) is 4.08. The zero-order valence-corrected chi connectivity index (χ0v) is 21.7. The van der Waals surface area contributed by atoms with E-state index in [4.69, 9.17) is 0 Å². The third-order valence-corrected chi connectivity index (χ3v) is 10.1. The Morgan fingerprint density at radius 3 is 2.60 bits per heavy atom. The van der Waals surface area contributed by atoms with Gasteiger partial charge in [0.1, 0.15) is 5.82 Å². The molecule has 0 aromatic heterocycles. The topological polar surface area (TPSA) is 78.4 Å². The van der Waals surface area contributed by atoms with Crippen molar-refractivity contribution in [3.05, 3.63) is 64.5 Å². The van der Waals surface area contributed by atoms with E-state index in [1.54, 1.807) is 0 Å². The van der Waals surface area contributed by atoms with Gasteiger partial charge in [0.25, 0.3) is 0 Å². The van der Waals surface area contributed by atoms with Crippen LogP contribution in [0.2, 0.25) is 0 Å². The molecule has 2 fully saturated rings. The summed E-state index contributed by atoms with van der Waals surface area (Å²) in [6.07, 6.45) is 2.78. The molecule has 0 radical (unpaired) electrons. The van der Waals surface area contributed by atoms with Crippen molar-refractivity contribution in [3.8, 4) is 0 Å². The van der Waals surface area contributed by atoms with Crippen LogP contribution < -0.4 is 10.6 Å². The molecule has 2 aromatic rings. The summed E-state index contributed by atoms with van der Waals surface area (Å²) in [5.74, 6) is -0.914. The second-order valence-corrected chi connectivity index (χ2v) is 14.1. The number of sulfone groups is 1. The number of aliphatic hydroxyl groups is 1. The van der Waals surface area contributed by atoms with E-state index in [9.17, 15) is 17.9 Å². The third-order valence-electron chi connectivity index (χ3n) is 8.29. The van der Waals surface area contributed by atoms with Gasteiger partial charge in [-0.3, -0.25) is 0 Å². The van der Waals surface area contributed by atoms with Crippen LogP contribution in [0.5, 0.6) is 0 Å². The van der Waals surface area contributed by atoms with Gasteiger partial charge in [0.2, 0.25) is 0 Å². The molecule has 35 heavy (non-hydrogen) atoms. The third kappa shape index (κ3) is 4.87. The monoisotopic (exact) mass is 500 g/mol. The highest BCUT2D eigenvalue weighted by Gasteiger charge is 2.45. The lowest BCUT2D eigenvalue weighted by Crippen LogP contribution is -2.54. The van der Waals surface area contributed by atoms with Gasteiger partial charge in [0, 0.05) is 30.5 Å². The molecule has 5 rings (SSSR count). The molecule has 2 aromatic carbocycles. The first-order valence-corrected chi connectivity index (χ1v) is 14.6. The number of rotatable bonds is 5. The van der Waals surface area contributed by atoms with Crippen LogP contribution in [-0.2, 0) is 33.6 Å². The zero-order chi connectivity index (χ0) is 25.0. The number of aliphatic hydroxyl groups excluding tert-OH is 1. The number of hydrogen-bond acceptors (Lipinski definition) is 5. The Balaban J connectivity index is 1.32.